The Morgan fingerprint density at radius 1 is 0.415 bits per heavy atom. The van der Waals surface area contributed by atoms with Crippen molar-refractivity contribution >= 4 is 55.6 Å². The molecule has 0 N–H and O–H groups in total. The molecule has 3 heteroatoms. The zero-order valence-corrected chi connectivity index (χ0v) is 23.0. The maximum absolute atomic E-state index is 6.19. The predicted molar refractivity (Wildman–Crippen MR) is 172 cm³/mol. The molecule has 9 rings (SSSR count). The van der Waals surface area contributed by atoms with E-state index in [1.807, 2.05) is 36.0 Å². The molecule has 0 saturated carbocycles. The molecule has 0 bridgehead atoms. The van der Waals surface area contributed by atoms with Crippen LogP contribution in [0, 0.1) is 0 Å². The standard InChI is InChI=1S/C38H24O2S/c1-3-9-34-30(6-1)33-19-24(15-17-36(33)39-34)23-14-16-28-27(18-23)22-41-21-26-13-12-25(20-32(26)28)29-8-5-11-37-38(29)31-7-2-4-10-35(31)40-37/h1-20H,21-22H2. The van der Waals surface area contributed by atoms with Gasteiger partial charge in [-0.05, 0) is 87.0 Å². The molecule has 2 aromatic heterocycles. The fourth-order valence-corrected chi connectivity index (χ4v) is 7.50. The lowest BCUT2D eigenvalue weighted by molar-refractivity contribution is 0.668. The van der Waals surface area contributed by atoms with Crippen LogP contribution in [0.5, 0.6) is 0 Å². The van der Waals surface area contributed by atoms with E-state index < -0.39 is 0 Å². The van der Waals surface area contributed by atoms with Crippen LogP contribution in [0.2, 0.25) is 0 Å². The van der Waals surface area contributed by atoms with Crippen molar-refractivity contribution in [1.82, 2.24) is 0 Å². The Bertz CT molecular complexity index is 2300. The van der Waals surface area contributed by atoms with Gasteiger partial charge in [0.05, 0.1) is 0 Å². The molecule has 0 amide bonds. The quantitative estimate of drug-likeness (QED) is 0.216. The molecule has 194 valence electrons. The van der Waals surface area contributed by atoms with Crippen molar-refractivity contribution in [2.24, 2.45) is 0 Å². The molecule has 2 nitrogen and oxygen atoms in total. The highest BCUT2D eigenvalue weighted by molar-refractivity contribution is 7.97. The lowest BCUT2D eigenvalue weighted by atomic mass is 9.90. The van der Waals surface area contributed by atoms with Crippen molar-refractivity contribution < 1.29 is 8.83 Å². The molecule has 1 aliphatic heterocycles. The predicted octanol–water partition coefficient (Wildman–Crippen LogP) is 11.2. The van der Waals surface area contributed by atoms with Crippen molar-refractivity contribution in [1.29, 1.82) is 0 Å². The minimum absolute atomic E-state index is 0.931. The summed E-state index contributed by atoms with van der Waals surface area (Å²) in [7, 11) is 0. The van der Waals surface area contributed by atoms with Gasteiger partial charge in [-0.2, -0.15) is 11.8 Å². The van der Waals surface area contributed by atoms with E-state index >= 15 is 0 Å². The number of hydrogen-bond donors (Lipinski definition) is 0. The SMILES string of the molecule is c1ccc2c(c1)oc1ccc(-c3ccc4c(c3)CSCc3ccc(-c5cccc6oc7ccccc7c56)cc3-4)cc12. The minimum atomic E-state index is 0.931. The average Bonchev–Trinajstić information content (AvgIpc) is 3.53. The van der Waals surface area contributed by atoms with Crippen molar-refractivity contribution in [3.8, 4) is 33.4 Å². The van der Waals surface area contributed by atoms with Crippen LogP contribution < -0.4 is 0 Å². The number of benzene rings is 6. The second kappa shape index (κ2) is 8.89. The maximum atomic E-state index is 6.19. The zero-order chi connectivity index (χ0) is 26.9. The third-order valence-corrected chi connectivity index (χ3v) is 9.47. The number of hydrogen-bond acceptors (Lipinski definition) is 3. The normalized spacial score (nSPS) is 13.1. The van der Waals surface area contributed by atoms with E-state index in [4.69, 9.17) is 8.83 Å². The summed E-state index contributed by atoms with van der Waals surface area (Å²) in [6, 6.07) is 43.5. The first kappa shape index (κ1) is 23.0. The number of thioether (sulfide) groups is 1. The summed E-state index contributed by atoms with van der Waals surface area (Å²) in [6.07, 6.45) is 0. The van der Waals surface area contributed by atoms with Crippen molar-refractivity contribution in [2.75, 3.05) is 0 Å². The van der Waals surface area contributed by atoms with Crippen LogP contribution in [0.4, 0.5) is 0 Å². The van der Waals surface area contributed by atoms with Gasteiger partial charge in [0, 0.05) is 33.1 Å². The summed E-state index contributed by atoms with van der Waals surface area (Å²) in [5.41, 5.74) is 14.1. The van der Waals surface area contributed by atoms with E-state index in [1.165, 1.54) is 55.3 Å². The summed E-state index contributed by atoms with van der Waals surface area (Å²) >= 11 is 1.99. The van der Waals surface area contributed by atoms with Gasteiger partial charge in [-0.3, -0.25) is 0 Å². The van der Waals surface area contributed by atoms with E-state index in [0.717, 1.165) is 44.6 Å². The Balaban J connectivity index is 1.18. The largest absolute Gasteiger partial charge is 0.456 e. The Morgan fingerprint density at radius 2 is 1.10 bits per heavy atom. The number of para-hydroxylation sites is 2. The van der Waals surface area contributed by atoms with Crippen LogP contribution in [0.1, 0.15) is 11.1 Å². The van der Waals surface area contributed by atoms with Crippen molar-refractivity contribution in [3.05, 3.63) is 132 Å². The van der Waals surface area contributed by atoms with Crippen LogP contribution >= 0.6 is 11.8 Å². The van der Waals surface area contributed by atoms with Crippen molar-refractivity contribution in [2.45, 2.75) is 11.5 Å². The van der Waals surface area contributed by atoms with Crippen LogP contribution in [0.25, 0.3) is 77.3 Å². The highest BCUT2D eigenvalue weighted by Crippen LogP contribution is 2.43. The molecule has 8 aromatic rings. The highest BCUT2D eigenvalue weighted by Gasteiger charge is 2.19. The van der Waals surface area contributed by atoms with Gasteiger partial charge >= 0.3 is 0 Å². The molecular formula is C38H24O2S. The molecule has 0 unspecified atom stereocenters. The molecular weight excluding hydrogens is 520 g/mol. The summed E-state index contributed by atoms with van der Waals surface area (Å²) in [6.45, 7) is 0. The summed E-state index contributed by atoms with van der Waals surface area (Å²) in [5.74, 6) is 2.00. The van der Waals surface area contributed by atoms with Gasteiger partial charge in [0.15, 0.2) is 0 Å². The molecule has 0 atom stereocenters. The third-order valence-electron chi connectivity index (χ3n) is 8.44. The first-order valence-electron chi connectivity index (χ1n) is 14.0. The van der Waals surface area contributed by atoms with E-state index in [0.29, 0.717) is 0 Å². The van der Waals surface area contributed by atoms with E-state index in [2.05, 4.69) is 97.1 Å². The lowest BCUT2D eigenvalue weighted by Crippen LogP contribution is -1.91. The van der Waals surface area contributed by atoms with Crippen LogP contribution in [-0.2, 0) is 11.5 Å². The topological polar surface area (TPSA) is 26.3 Å². The third kappa shape index (κ3) is 3.59. The Morgan fingerprint density at radius 3 is 2.02 bits per heavy atom. The average molecular weight is 545 g/mol. The monoisotopic (exact) mass is 544 g/mol. The molecule has 0 saturated heterocycles. The number of furan rings is 2. The number of rotatable bonds is 2. The second-order valence-corrected chi connectivity index (χ2v) is 11.8. The molecule has 6 aromatic carbocycles. The Hall–Kier alpha value is -4.73. The van der Waals surface area contributed by atoms with Gasteiger partial charge in [-0.15, -0.1) is 0 Å². The Labute approximate surface area is 241 Å². The van der Waals surface area contributed by atoms with Crippen LogP contribution in [0.15, 0.2) is 130 Å². The summed E-state index contributed by atoms with van der Waals surface area (Å²) < 4.78 is 12.3. The van der Waals surface area contributed by atoms with Crippen LogP contribution in [0.3, 0.4) is 0 Å². The fraction of sp³-hybridized carbons (Fsp3) is 0.0526. The van der Waals surface area contributed by atoms with Crippen LogP contribution in [-0.4, -0.2) is 0 Å². The minimum Gasteiger partial charge on any atom is -0.456 e. The fourth-order valence-electron chi connectivity index (χ4n) is 6.47. The second-order valence-electron chi connectivity index (χ2n) is 10.8. The highest BCUT2D eigenvalue weighted by atomic mass is 32.2. The molecule has 1 aliphatic rings. The van der Waals surface area contributed by atoms with Gasteiger partial charge in [-0.25, -0.2) is 0 Å². The molecule has 0 fully saturated rings. The maximum Gasteiger partial charge on any atom is 0.136 e. The van der Waals surface area contributed by atoms with Gasteiger partial charge in [0.2, 0.25) is 0 Å². The van der Waals surface area contributed by atoms with Gasteiger partial charge in [0.1, 0.15) is 22.3 Å². The molecule has 0 radical (unpaired) electrons. The smallest absolute Gasteiger partial charge is 0.136 e. The number of fused-ring (bicyclic) bond motifs is 9. The van der Waals surface area contributed by atoms with Gasteiger partial charge in [-0.1, -0.05) is 78.9 Å². The first-order chi connectivity index (χ1) is 20.3. The van der Waals surface area contributed by atoms with Crippen molar-refractivity contribution in [3.63, 3.8) is 0 Å². The summed E-state index contributed by atoms with van der Waals surface area (Å²) in [5, 5.41) is 4.68. The first-order valence-corrected chi connectivity index (χ1v) is 15.1. The van der Waals surface area contributed by atoms with E-state index in [1.54, 1.807) is 0 Å². The Kier molecular flexibility index (Phi) is 4.99. The zero-order valence-electron chi connectivity index (χ0n) is 22.2. The molecule has 3 heterocycles. The van der Waals surface area contributed by atoms with Gasteiger partial charge < -0.3 is 8.83 Å². The van der Waals surface area contributed by atoms with E-state index in [-0.39, 0.29) is 0 Å². The summed E-state index contributed by atoms with van der Waals surface area (Å²) in [4.78, 5) is 0. The molecule has 0 aliphatic carbocycles. The lowest BCUT2D eigenvalue weighted by Gasteiger charge is -2.14. The molecule has 41 heavy (non-hydrogen) atoms. The van der Waals surface area contributed by atoms with Gasteiger partial charge in [0.25, 0.3) is 0 Å². The van der Waals surface area contributed by atoms with E-state index in [9.17, 15) is 0 Å². The molecule has 0 spiro atoms.